The predicted molar refractivity (Wildman–Crippen MR) is 101 cm³/mol. The highest BCUT2D eigenvalue weighted by molar-refractivity contribution is 7.89. The fourth-order valence-corrected chi connectivity index (χ4v) is 3.38. The van der Waals surface area contributed by atoms with Crippen molar-refractivity contribution in [1.82, 2.24) is 20.7 Å². The van der Waals surface area contributed by atoms with Crippen molar-refractivity contribution in [2.75, 3.05) is 12.0 Å². The van der Waals surface area contributed by atoms with E-state index in [1.807, 2.05) is 0 Å². The molecule has 0 aliphatic carbocycles. The molecule has 3 heterocycles. The Kier molecular flexibility index (Phi) is 4.24. The lowest BCUT2D eigenvalue weighted by Crippen LogP contribution is -2.22. The normalized spacial score (nSPS) is 14.1. The molecule has 0 fully saturated rings. The van der Waals surface area contributed by atoms with Gasteiger partial charge >= 0.3 is 0 Å². The van der Waals surface area contributed by atoms with Gasteiger partial charge in [0.2, 0.25) is 10.0 Å². The maximum absolute atomic E-state index is 13.8. The number of nitrogens with two attached hydrogens (primary N) is 1. The van der Waals surface area contributed by atoms with E-state index in [1.54, 1.807) is 12.1 Å². The second-order valence-corrected chi connectivity index (χ2v) is 7.63. The van der Waals surface area contributed by atoms with Crippen molar-refractivity contribution < 1.29 is 17.6 Å². The monoisotopic (exact) mass is 402 g/mol. The van der Waals surface area contributed by atoms with E-state index in [9.17, 15) is 17.6 Å². The lowest BCUT2D eigenvalue weighted by molar-refractivity contribution is 0.0954. The van der Waals surface area contributed by atoms with E-state index in [1.165, 1.54) is 24.3 Å². The van der Waals surface area contributed by atoms with E-state index in [0.717, 1.165) is 6.20 Å². The van der Waals surface area contributed by atoms with Crippen molar-refractivity contribution in [1.29, 1.82) is 0 Å². The van der Waals surface area contributed by atoms with Gasteiger partial charge in [-0.2, -0.15) is 0 Å². The number of nitrogens with zero attached hydrogens (tertiary/aromatic N) is 1. The summed E-state index contributed by atoms with van der Waals surface area (Å²) in [5, 5.41) is 8.32. The zero-order valence-corrected chi connectivity index (χ0v) is 15.1. The van der Waals surface area contributed by atoms with Crippen LogP contribution in [0.25, 0.3) is 16.6 Å². The molecule has 0 atom stereocenters. The molecule has 0 radical (unpaired) electrons. The Labute approximate surface area is 158 Å². The minimum absolute atomic E-state index is 0.115. The van der Waals surface area contributed by atoms with Gasteiger partial charge in [0, 0.05) is 29.2 Å². The number of H-pyrrole nitrogens is 1. The standard InChI is InChI=1S/C17H15FN6O3S/c18-9-1-3-12-11(7-9)15-13(5-6-20-17(25)16(15)22-12)23-24-14-4-2-10(8-21-14)28(19,26)27/h1-5,7-8,22-23H,6H2,(H,20,25)(H,21,24)(H2,19,26,27). The summed E-state index contributed by atoms with van der Waals surface area (Å²) in [6.45, 7) is 0.264. The number of amides is 1. The SMILES string of the molecule is NS(=O)(=O)c1ccc(NNC2=CCNC(=O)c3[nH]c4ccc(F)cc4c32)nc1. The Morgan fingerprint density at radius 2 is 2.00 bits per heavy atom. The zero-order valence-electron chi connectivity index (χ0n) is 14.3. The zero-order chi connectivity index (χ0) is 19.9. The fourth-order valence-electron chi connectivity index (χ4n) is 2.92. The number of carbonyl (C=O) groups excluding carboxylic acids is 1. The third-order valence-electron chi connectivity index (χ3n) is 4.22. The number of sulfonamides is 1. The number of hydrogen-bond acceptors (Lipinski definition) is 6. The smallest absolute Gasteiger partial charge is 0.268 e. The first-order valence-corrected chi connectivity index (χ1v) is 9.68. The van der Waals surface area contributed by atoms with Crippen LogP contribution in [0.5, 0.6) is 0 Å². The van der Waals surface area contributed by atoms with Crippen LogP contribution in [0.3, 0.4) is 0 Å². The molecule has 1 aliphatic heterocycles. The molecule has 28 heavy (non-hydrogen) atoms. The number of hydrazine groups is 1. The molecular weight excluding hydrogens is 387 g/mol. The summed E-state index contributed by atoms with van der Waals surface area (Å²) in [6.07, 6.45) is 2.85. The van der Waals surface area contributed by atoms with Crippen LogP contribution in [-0.2, 0) is 10.0 Å². The van der Waals surface area contributed by atoms with Crippen LogP contribution in [0.15, 0.2) is 47.5 Å². The molecule has 6 N–H and O–H groups in total. The van der Waals surface area contributed by atoms with Crippen LogP contribution in [-0.4, -0.2) is 30.8 Å². The number of fused-ring (bicyclic) bond motifs is 3. The number of anilines is 1. The van der Waals surface area contributed by atoms with E-state index < -0.39 is 15.8 Å². The van der Waals surface area contributed by atoms with Gasteiger partial charge in [-0.05, 0) is 36.4 Å². The fraction of sp³-hybridized carbons (Fsp3) is 0.0588. The third kappa shape index (κ3) is 3.28. The van der Waals surface area contributed by atoms with Gasteiger partial charge in [0.25, 0.3) is 5.91 Å². The van der Waals surface area contributed by atoms with Gasteiger partial charge in [-0.1, -0.05) is 0 Å². The van der Waals surface area contributed by atoms with Crippen LogP contribution in [0.4, 0.5) is 10.2 Å². The molecule has 1 aliphatic rings. The highest BCUT2D eigenvalue weighted by Gasteiger charge is 2.23. The van der Waals surface area contributed by atoms with Crippen LogP contribution < -0.4 is 21.3 Å². The van der Waals surface area contributed by atoms with Gasteiger partial charge in [0.1, 0.15) is 22.2 Å². The molecule has 11 heteroatoms. The quantitative estimate of drug-likeness (QED) is 0.413. The Morgan fingerprint density at radius 1 is 1.18 bits per heavy atom. The summed E-state index contributed by atoms with van der Waals surface area (Å²) >= 11 is 0. The molecule has 9 nitrogen and oxygen atoms in total. The molecule has 0 unspecified atom stereocenters. The lowest BCUT2D eigenvalue weighted by atomic mass is 10.1. The average Bonchev–Trinajstić information content (AvgIpc) is 2.95. The number of nitrogens with one attached hydrogen (secondary N) is 4. The number of rotatable bonds is 4. The van der Waals surface area contributed by atoms with Crippen molar-refractivity contribution in [2.24, 2.45) is 5.14 Å². The van der Waals surface area contributed by atoms with Crippen LogP contribution in [0.2, 0.25) is 0 Å². The average molecular weight is 402 g/mol. The summed E-state index contributed by atoms with van der Waals surface area (Å²) < 4.78 is 36.4. The Morgan fingerprint density at radius 3 is 2.71 bits per heavy atom. The largest absolute Gasteiger partial charge is 0.350 e. The molecular formula is C17H15FN6O3S. The highest BCUT2D eigenvalue weighted by Crippen LogP contribution is 2.29. The maximum atomic E-state index is 13.8. The number of halogens is 1. The van der Waals surface area contributed by atoms with Gasteiger partial charge in [-0.25, -0.2) is 22.9 Å². The number of aromatic amines is 1. The van der Waals surface area contributed by atoms with Gasteiger partial charge in [0.05, 0.1) is 5.70 Å². The number of hydrogen-bond donors (Lipinski definition) is 5. The van der Waals surface area contributed by atoms with Gasteiger partial charge < -0.3 is 10.3 Å². The molecule has 1 amide bonds. The van der Waals surface area contributed by atoms with Crippen molar-refractivity contribution in [2.45, 2.75) is 4.90 Å². The number of aromatic nitrogens is 2. The van der Waals surface area contributed by atoms with Crippen LogP contribution >= 0.6 is 0 Å². The summed E-state index contributed by atoms with van der Waals surface area (Å²) in [4.78, 5) is 19.2. The molecule has 144 valence electrons. The Balaban J connectivity index is 1.66. The van der Waals surface area contributed by atoms with E-state index in [-0.39, 0.29) is 17.3 Å². The third-order valence-corrected chi connectivity index (χ3v) is 5.11. The first-order chi connectivity index (χ1) is 13.3. The van der Waals surface area contributed by atoms with Crippen molar-refractivity contribution in [3.05, 3.63) is 59.7 Å². The number of benzene rings is 1. The minimum Gasteiger partial charge on any atom is -0.350 e. The first-order valence-electron chi connectivity index (χ1n) is 8.14. The second-order valence-electron chi connectivity index (χ2n) is 6.07. The molecule has 1 aromatic carbocycles. The Bertz CT molecular complexity index is 1220. The molecule has 2 aromatic heterocycles. The van der Waals surface area contributed by atoms with Gasteiger partial charge in [-0.15, -0.1) is 0 Å². The van der Waals surface area contributed by atoms with E-state index in [0.29, 0.717) is 33.7 Å². The van der Waals surface area contributed by atoms with Gasteiger partial charge in [0.15, 0.2) is 0 Å². The predicted octanol–water partition coefficient (Wildman–Crippen LogP) is 1.05. The molecule has 3 aromatic rings. The van der Waals surface area contributed by atoms with E-state index in [4.69, 9.17) is 5.14 Å². The minimum atomic E-state index is -3.83. The summed E-state index contributed by atoms with van der Waals surface area (Å²) in [5.74, 6) is -0.411. The highest BCUT2D eigenvalue weighted by atomic mass is 32.2. The number of carbonyl (C=O) groups is 1. The van der Waals surface area contributed by atoms with Crippen molar-refractivity contribution in [3.8, 4) is 0 Å². The molecule has 0 spiro atoms. The van der Waals surface area contributed by atoms with Crippen LogP contribution in [0.1, 0.15) is 16.1 Å². The topological polar surface area (TPSA) is 142 Å². The van der Waals surface area contributed by atoms with Gasteiger partial charge in [-0.3, -0.25) is 15.6 Å². The van der Waals surface area contributed by atoms with Crippen molar-refractivity contribution >= 4 is 38.3 Å². The summed E-state index contributed by atoms with van der Waals surface area (Å²) in [6, 6.07) is 6.96. The molecule has 0 bridgehead atoms. The summed E-state index contributed by atoms with van der Waals surface area (Å²) in [7, 11) is -3.83. The Hall–Kier alpha value is -3.44. The molecule has 0 saturated heterocycles. The molecule has 4 rings (SSSR count). The summed E-state index contributed by atoms with van der Waals surface area (Å²) in [5.41, 5.74) is 7.74. The first kappa shape index (κ1) is 17.9. The molecule has 0 saturated carbocycles. The second kappa shape index (κ2) is 6.62. The number of pyridine rings is 1. The van der Waals surface area contributed by atoms with Crippen molar-refractivity contribution in [3.63, 3.8) is 0 Å². The van der Waals surface area contributed by atoms with E-state index in [2.05, 4.69) is 26.1 Å². The maximum Gasteiger partial charge on any atom is 0.268 e. The van der Waals surface area contributed by atoms with Crippen LogP contribution in [0, 0.1) is 5.82 Å². The lowest BCUT2D eigenvalue weighted by Gasteiger charge is -2.13. The number of primary sulfonamides is 1. The van der Waals surface area contributed by atoms with E-state index >= 15 is 0 Å².